The Bertz CT molecular complexity index is 979. The Kier molecular flexibility index (Phi) is 6.28. The third-order valence-electron chi connectivity index (χ3n) is 6.61. The van der Waals surface area contributed by atoms with Gasteiger partial charge in [0.2, 0.25) is 6.29 Å². The van der Waals surface area contributed by atoms with Crippen molar-refractivity contribution < 1.29 is 9.57 Å². The first-order valence-electron chi connectivity index (χ1n) is 11.8. The van der Waals surface area contributed by atoms with Crippen molar-refractivity contribution in [3.63, 3.8) is 0 Å². The zero-order chi connectivity index (χ0) is 22.1. The van der Waals surface area contributed by atoms with Gasteiger partial charge in [-0.1, -0.05) is 50.2 Å². The average Bonchev–Trinajstić information content (AvgIpc) is 3.25. The van der Waals surface area contributed by atoms with Crippen molar-refractivity contribution >= 4 is 17.0 Å². The van der Waals surface area contributed by atoms with E-state index in [9.17, 15) is 0 Å². The van der Waals surface area contributed by atoms with E-state index >= 15 is 0 Å². The molecule has 1 aliphatic carbocycles. The first-order chi connectivity index (χ1) is 15.6. The molecule has 1 N–H and O–H groups in total. The number of aliphatic imine (C=N–C) groups is 1. The summed E-state index contributed by atoms with van der Waals surface area (Å²) >= 11 is 0. The molecule has 1 saturated heterocycles. The van der Waals surface area contributed by atoms with E-state index in [0.717, 1.165) is 19.6 Å². The zero-order valence-electron chi connectivity index (χ0n) is 19.2. The second-order valence-electron chi connectivity index (χ2n) is 9.62. The van der Waals surface area contributed by atoms with Crippen LogP contribution in [-0.4, -0.2) is 54.5 Å². The van der Waals surface area contributed by atoms with Gasteiger partial charge in [-0.05, 0) is 53.2 Å². The van der Waals surface area contributed by atoms with Gasteiger partial charge in [-0.25, -0.2) is 9.90 Å². The van der Waals surface area contributed by atoms with E-state index in [2.05, 4.69) is 71.5 Å². The Morgan fingerprint density at radius 3 is 2.62 bits per heavy atom. The number of allylic oxidation sites excluding steroid dienone is 1. The molecule has 0 amide bonds. The fourth-order valence-corrected chi connectivity index (χ4v) is 4.90. The van der Waals surface area contributed by atoms with E-state index in [0.29, 0.717) is 30.4 Å². The minimum atomic E-state index is -0.300. The monoisotopic (exact) mass is 434 g/mol. The van der Waals surface area contributed by atoms with Gasteiger partial charge in [0.25, 0.3) is 0 Å². The van der Waals surface area contributed by atoms with Gasteiger partial charge in [0.15, 0.2) is 6.29 Å². The maximum Gasteiger partial charge on any atom is 0.201 e. The third kappa shape index (κ3) is 4.74. The number of benzene rings is 2. The second-order valence-corrected chi connectivity index (χ2v) is 9.62. The number of nitrogens with zero attached hydrogens (tertiary/aromatic N) is 3. The summed E-state index contributed by atoms with van der Waals surface area (Å²) in [6.07, 6.45) is 5.32. The molecule has 2 aliphatic heterocycles. The fourth-order valence-electron chi connectivity index (χ4n) is 4.90. The topological polar surface area (TPSA) is 49.3 Å². The number of hydrogen-bond acceptors (Lipinski definition) is 6. The standard InChI is InChI=1S/C26H34N4O2/c1-18(2)17-31-19(3)32-30-12-6-11-27-26(30)29-15-23-24(16-29)25(23)28-14-20-9-10-21-7-4-5-8-22(21)13-20/h4-13,18-19,23-26,28H,14-17H2,1-3H3. The van der Waals surface area contributed by atoms with E-state index < -0.39 is 0 Å². The highest BCUT2D eigenvalue weighted by atomic mass is 16.8. The van der Waals surface area contributed by atoms with E-state index in [1.54, 1.807) is 0 Å². The first-order valence-corrected chi connectivity index (χ1v) is 11.8. The van der Waals surface area contributed by atoms with Crippen LogP contribution < -0.4 is 5.32 Å². The molecular weight excluding hydrogens is 400 g/mol. The Labute approximate surface area is 190 Å². The Morgan fingerprint density at radius 1 is 1.06 bits per heavy atom. The number of hydrogen-bond donors (Lipinski definition) is 1. The van der Waals surface area contributed by atoms with Gasteiger partial charge in [-0.2, -0.15) is 0 Å². The van der Waals surface area contributed by atoms with Crippen molar-refractivity contribution in [1.82, 2.24) is 15.3 Å². The molecule has 0 radical (unpaired) electrons. The van der Waals surface area contributed by atoms with Crippen LogP contribution in [0.15, 0.2) is 59.7 Å². The van der Waals surface area contributed by atoms with Gasteiger partial charge in [0.1, 0.15) is 0 Å². The largest absolute Gasteiger partial charge is 0.350 e. The average molecular weight is 435 g/mol. The molecule has 0 bridgehead atoms. The number of hydroxylamine groups is 2. The molecule has 2 aromatic rings. The molecule has 4 atom stereocenters. The van der Waals surface area contributed by atoms with Crippen LogP contribution in [-0.2, 0) is 16.1 Å². The molecule has 6 nitrogen and oxygen atoms in total. The number of nitrogens with one attached hydrogen (secondary N) is 1. The van der Waals surface area contributed by atoms with Crippen LogP contribution >= 0.6 is 0 Å². The molecule has 6 heteroatoms. The normalized spacial score (nSPS) is 27.9. The van der Waals surface area contributed by atoms with E-state index in [-0.39, 0.29) is 12.6 Å². The lowest BCUT2D eigenvalue weighted by Crippen LogP contribution is -2.48. The quantitative estimate of drug-likeness (QED) is 0.605. The predicted molar refractivity (Wildman–Crippen MR) is 128 cm³/mol. The van der Waals surface area contributed by atoms with Crippen molar-refractivity contribution in [3.8, 4) is 0 Å². The van der Waals surface area contributed by atoms with Crippen molar-refractivity contribution in [1.29, 1.82) is 0 Å². The molecule has 1 saturated carbocycles. The lowest BCUT2D eigenvalue weighted by Gasteiger charge is -2.36. The summed E-state index contributed by atoms with van der Waals surface area (Å²) in [6, 6.07) is 15.9. The molecule has 5 rings (SSSR count). The number of piperidine rings is 1. The number of rotatable bonds is 9. The molecule has 170 valence electrons. The minimum Gasteiger partial charge on any atom is -0.350 e. The maximum absolute atomic E-state index is 6.04. The van der Waals surface area contributed by atoms with Gasteiger partial charge < -0.3 is 10.1 Å². The fraction of sp³-hybridized carbons (Fsp3) is 0.500. The molecule has 0 aromatic heterocycles. The first kappa shape index (κ1) is 21.6. The van der Waals surface area contributed by atoms with Crippen LogP contribution in [0.25, 0.3) is 10.8 Å². The molecular formula is C26H34N4O2. The highest BCUT2D eigenvalue weighted by molar-refractivity contribution is 5.82. The van der Waals surface area contributed by atoms with Crippen LogP contribution in [0.5, 0.6) is 0 Å². The summed E-state index contributed by atoms with van der Waals surface area (Å²) < 4.78 is 5.79. The summed E-state index contributed by atoms with van der Waals surface area (Å²) in [5, 5.41) is 8.24. The van der Waals surface area contributed by atoms with Crippen LogP contribution in [0.2, 0.25) is 0 Å². The minimum absolute atomic E-state index is 0.112. The van der Waals surface area contributed by atoms with Gasteiger partial charge in [-0.3, -0.25) is 9.89 Å². The van der Waals surface area contributed by atoms with Crippen LogP contribution in [0, 0.1) is 17.8 Å². The maximum atomic E-state index is 6.04. The smallest absolute Gasteiger partial charge is 0.201 e. The third-order valence-corrected chi connectivity index (χ3v) is 6.61. The Balaban J connectivity index is 1.11. The van der Waals surface area contributed by atoms with Crippen molar-refractivity contribution in [3.05, 3.63) is 60.3 Å². The lowest BCUT2D eigenvalue weighted by molar-refractivity contribution is -0.283. The van der Waals surface area contributed by atoms with Gasteiger partial charge in [0, 0.05) is 38.1 Å². The number of likely N-dealkylation sites (tertiary alicyclic amines) is 1. The summed E-state index contributed by atoms with van der Waals surface area (Å²) in [4.78, 5) is 13.1. The molecule has 3 aliphatic rings. The van der Waals surface area contributed by atoms with Crippen LogP contribution in [0.1, 0.15) is 26.3 Å². The van der Waals surface area contributed by atoms with Crippen molar-refractivity contribution in [2.75, 3.05) is 19.7 Å². The molecule has 2 fully saturated rings. The molecule has 2 heterocycles. The Morgan fingerprint density at radius 2 is 1.84 bits per heavy atom. The summed E-state index contributed by atoms with van der Waals surface area (Å²) in [7, 11) is 0. The molecule has 2 aromatic carbocycles. The molecule has 32 heavy (non-hydrogen) atoms. The number of ether oxygens (including phenoxy) is 1. The second kappa shape index (κ2) is 9.32. The number of fused-ring (bicyclic) bond motifs is 2. The van der Waals surface area contributed by atoms with Gasteiger partial charge in [0.05, 0.1) is 6.61 Å². The predicted octanol–water partition coefficient (Wildman–Crippen LogP) is 3.99. The summed E-state index contributed by atoms with van der Waals surface area (Å²) in [6.45, 7) is 9.91. The van der Waals surface area contributed by atoms with Crippen molar-refractivity contribution in [2.24, 2.45) is 22.7 Å². The van der Waals surface area contributed by atoms with Gasteiger partial charge in [-0.15, -0.1) is 0 Å². The van der Waals surface area contributed by atoms with E-state index in [1.165, 1.54) is 16.3 Å². The summed E-state index contributed by atoms with van der Waals surface area (Å²) in [5.41, 5.74) is 1.35. The Hall–Kier alpha value is -2.25. The van der Waals surface area contributed by atoms with Crippen LogP contribution in [0.4, 0.5) is 0 Å². The molecule has 0 spiro atoms. The SMILES string of the molecule is CC(C)COC(C)ON1C=CC=NC1N1CC2C(C1)C2NCc1ccc2ccccc2c1. The van der Waals surface area contributed by atoms with Crippen LogP contribution in [0.3, 0.4) is 0 Å². The highest BCUT2D eigenvalue weighted by Gasteiger charge is 2.57. The molecule has 4 unspecified atom stereocenters. The van der Waals surface area contributed by atoms with E-state index in [4.69, 9.17) is 9.57 Å². The summed E-state index contributed by atoms with van der Waals surface area (Å²) in [5.74, 6) is 1.86. The van der Waals surface area contributed by atoms with Gasteiger partial charge >= 0.3 is 0 Å². The highest BCUT2D eigenvalue weighted by Crippen LogP contribution is 2.46. The zero-order valence-corrected chi connectivity index (χ0v) is 19.2. The van der Waals surface area contributed by atoms with Crippen molar-refractivity contribution in [2.45, 2.75) is 45.9 Å². The van der Waals surface area contributed by atoms with E-state index in [1.807, 2.05) is 30.5 Å². The lowest BCUT2D eigenvalue weighted by atomic mass is 10.1.